The van der Waals surface area contributed by atoms with Crippen LogP contribution >= 0.6 is 0 Å². The van der Waals surface area contributed by atoms with Gasteiger partial charge in [0, 0.05) is 23.7 Å². The maximum atomic E-state index is 12.7. The van der Waals surface area contributed by atoms with Crippen LogP contribution in [-0.4, -0.2) is 47.7 Å². The number of amides is 2. The number of carbonyl (C=O) groups excluding carboxylic acids is 2. The first-order chi connectivity index (χ1) is 16.9. The molecule has 7 nitrogen and oxygen atoms in total. The number of nitrogens with zero attached hydrogens (tertiary/aromatic N) is 1. The Morgan fingerprint density at radius 2 is 1.66 bits per heavy atom. The van der Waals surface area contributed by atoms with E-state index in [-0.39, 0.29) is 19.1 Å². The normalized spacial score (nSPS) is 11.8. The predicted octanol–water partition coefficient (Wildman–Crippen LogP) is 5.07. The molecule has 0 bridgehead atoms. The van der Waals surface area contributed by atoms with Crippen molar-refractivity contribution in [1.29, 1.82) is 0 Å². The molecule has 2 N–H and O–H groups in total. The zero-order valence-electron chi connectivity index (χ0n) is 19.4. The smallest absolute Gasteiger partial charge is 0.411 e. The highest BCUT2D eigenvalue weighted by molar-refractivity contribution is 5.97. The molecule has 178 valence electrons. The van der Waals surface area contributed by atoms with E-state index in [2.05, 4.69) is 36.2 Å². The van der Waals surface area contributed by atoms with Gasteiger partial charge in [0.1, 0.15) is 13.2 Å². The molecule has 0 saturated heterocycles. The van der Waals surface area contributed by atoms with Crippen molar-refractivity contribution < 1.29 is 24.2 Å². The quantitative estimate of drug-likeness (QED) is 0.448. The number of aryl methyl sites for hydroxylation is 1. The van der Waals surface area contributed by atoms with Crippen molar-refractivity contribution in [2.75, 3.05) is 25.0 Å². The lowest BCUT2D eigenvalue weighted by atomic mass is 9.98. The fourth-order valence-corrected chi connectivity index (χ4v) is 4.40. The Balaban J connectivity index is 1.42. The Bertz CT molecular complexity index is 1250. The fourth-order valence-electron chi connectivity index (χ4n) is 4.40. The van der Waals surface area contributed by atoms with Gasteiger partial charge in [-0.1, -0.05) is 54.6 Å². The van der Waals surface area contributed by atoms with Crippen LogP contribution < -0.4 is 5.32 Å². The molecule has 1 aliphatic carbocycles. The molecule has 35 heavy (non-hydrogen) atoms. The molecule has 7 heteroatoms. The van der Waals surface area contributed by atoms with Crippen LogP contribution in [0.1, 0.15) is 33.0 Å². The van der Waals surface area contributed by atoms with Crippen molar-refractivity contribution in [3.8, 4) is 11.1 Å². The van der Waals surface area contributed by atoms with Crippen LogP contribution in [0.25, 0.3) is 11.1 Å². The summed E-state index contributed by atoms with van der Waals surface area (Å²) in [5, 5.41) is 11.8. The largest absolute Gasteiger partial charge is 0.480 e. The minimum atomic E-state index is -1.11. The maximum absolute atomic E-state index is 12.7. The highest BCUT2D eigenvalue weighted by atomic mass is 16.5. The van der Waals surface area contributed by atoms with Gasteiger partial charge in [-0.05, 0) is 52.9 Å². The van der Waals surface area contributed by atoms with Crippen LogP contribution in [0.4, 0.5) is 10.5 Å². The lowest BCUT2D eigenvalue weighted by Crippen LogP contribution is -2.35. The molecule has 0 radical (unpaired) electrons. The van der Waals surface area contributed by atoms with E-state index in [4.69, 9.17) is 9.84 Å². The third-order valence-electron chi connectivity index (χ3n) is 6.02. The summed E-state index contributed by atoms with van der Waals surface area (Å²) in [6.07, 6.45) is 0.883. The molecule has 0 atom stereocenters. The topological polar surface area (TPSA) is 95.9 Å². The third kappa shape index (κ3) is 5.09. The molecular weight excluding hydrogens is 444 g/mol. The number of carbonyl (C=O) groups is 3. The van der Waals surface area contributed by atoms with E-state index in [1.165, 1.54) is 11.0 Å². The summed E-state index contributed by atoms with van der Waals surface area (Å²) in [4.78, 5) is 37.6. The molecule has 0 aliphatic heterocycles. The first kappa shape index (κ1) is 23.8. The highest BCUT2D eigenvalue weighted by Crippen LogP contribution is 2.44. The monoisotopic (exact) mass is 470 g/mol. The SMILES string of the molecule is C=CCN(CC(=O)O)C(=O)c1ccc(NC(=O)OCC2c3ccccc3-c3ccccc32)c(C)c1. The second-order valence-electron chi connectivity index (χ2n) is 8.35. The van der Waals surface area contributed by atoms with Gasteiger partial charge in [0.2, 0.25) is 0 Å². The summed E-state index contributed by atoms with van der Waals surface area (Å²) in [6, 6.07) is 21.0. The molecule has 1 aliphatic rings. The first-order valence-corrected chi connectivity index (χ1v) is 11.2. The predicted molar refractivity (Wildman–Crippen MR) is 134 cm³/mol. The van der Waals surface area contributed by atoms with Gasteiger partial charge < -0.3 is 14.7 Å². The standard InChI is InChI=1S/C28H26N2O5/c1-3-14-30(16-26(31)32)27(33)19-12-13-25(18(2)15-19)29-28(34)35-17-24-22-10-6-4-8-20(22)21-9-5-7-11-23(21)24/h3-13,15,24H,1,14,16-17H2,2H3,(H,29,34)(H,31,32). The van der Waals surface area contributed by atoms with Crippen LogP contribution in [0, 0.1) is 6.92 Å². The summed E-state index contributed by atoms with van der Waals surface area (Å²) in [7, 11) is 0. The molecule has 0 fully saturated rings. The average Bonchev–Trinajstić information content (AvgIpc) is 3.17. The third-order valence-corrected chi connectivity index (χ3v) is 6.02. The number of rotatable bonds is 8. The van der Waals surface area contributed by atoms with Gasteiger partial charge in [-0.15, -0.1) is 6.58 Å². The second kappa shape index (κ2) is 10.3. The van der Waals surface area contributed by atoms with E-state index in [9.17, 15) is 14.4 Å². The number of hydrogen-bond acceptors (Lipinski definition) is 4. The van der Waals surface area contributed by atoms with Crippen LogP contribution in [0.15, 0.2) is 79.4 Å². The molecule has 0 spiro atoms. The number of carboxylic acid groups (broad SMARTS) is 1. The summed E-state index contributed by atoms with van der Waals surface area (Å²) in [5.41, 5.74) is 6.05. The average molecular weight is 471 g/mol. The van der Waals surface area contributed by atoms with E-state index in [0.29, 0.717) is 16.8 Å². The Morgan fingerprint density at radius 3 is 2.23 bits per heavy atom. The summed E-state index contributed by atoms with van der Waals surface area (Å²) in [5.74, 6) is -1.58. The van der Waals surface area contributed by atoms with Crippen LogP contribution in [-0.2, 0) is 9.53 Å². The molecule has 4 rings (SSSR count). The van der Waals surface area contributed by atoms with E-state index in [1.807, 2.05) is 24.3 Å². The minimum absolute atomic E-state index is 0.0423. The molecule has 0 unspecified atom stereocenters. The molecule has 3 aromatic carbocycles. The highest BCUT2D eigenvalue weighted by Gasteiger charge is 2.29. The van der Waals surface area contributed by atoms with Gasteiger partial charge in [0.15, 0.2) is 0 Å². The maximum Gasteiger partial charge on any atom is 0.411 e. The zero-order chi connectivity index (χ0) is 24.9. The van der Waals surface area contributed by atoms with E-state index in [1.54, 1.807) is 25.1 Å². The van der Waals surface area contributed by atoms with E-state index >= 15 is 0 Å². The van der Waals surface area contributed by atoms with E-state index in [0.717, 1.165) is 22.3 Å². The number of anilines is 1. The Labute approximate surface area is 203 Å². The van der Waals surface area contributed by atoms with Crippen molar-refractivity contribution in [3.05, 3.63) is 102 Å². The summed E-state index contributed by atoms with van der Waals surface area (Å²) >= 11 is 0. The number of benzene rings is 3. The van der Waals surface area contributed by atoms with Gasteiger partial charge in [-0.3, -0.25) is 14.9 Å². The van der Waals surface area contributed by atoms with Crippen molar-refractivity contribution in [3.63, 3.8) is 0 Å². The van der Waals surface area contributed by atoms with Crippen LogP contribution in [0.3, 0.4) is 0 Å². The molecule has 2 amide bonds. The molecule has 0 saturated carbocycles. The van der Waals surface area contributed by atoms with Crippen molar-refractivity contribution in [2.24, 2.45) is 0 Å². The van der Waals surface area contributed by atoms with Gasteiger partial charge in [0.05, 0.1) is 0 Å². The molecule has 0 aromatic heterocycles. The van der Waals surface area contributed by atoms with Gasteiger partial charge in [0.25, 0.3) is 5.91 Å². The number of fused-ring (bicyclic) bond motifs is 3. The van der Waals surface area contributed by atoms with Crippen molar-refractivity contribution in [2.45, 2.75) is 12.8 Å². The molecular formula is C28H26N2O5. The molecule has 3 aromatic rings. The number of nitrogens with one attached hydrogen (secondary N) is 1. The summed E-state index contributed by atoms with van der Waals surface area (Å²) < 4.78 is 5.59. The number of carboxylic acids is 1. The second-order valence-corrected chi connectivity index (χ2v) is 8.35. The van der Waals surface area contributed by atoms with E-state index < -0.39 is 24.5 Å². The zero-order valence-corrected chi connectivity index (χ0v) is 19.4. The van der Waals surface area contributed by atoms with Gasteiger partial charge >= 0.3 is 12.1 Å². The van der Waals surface area contributed by atoms with Gasteiger partial charge in [-0.2, -0.15) is 0 Å². The Morgan fingerprint density at radius 1 is 1.03 bits per heavy atom. The lowest BCUT2D eigenvalue weighted by Gasteiger charge is -2.19. The van der Waals surface area contributed by atoms with Crippen molar-refractivity contribution in [1.82, 2.24) is 4.90 Å². The van der Waals surface area contributed by atoms with Crippen molar-refractivity contribution >= 4 is 23.7 Å². The van der Waals surface area contributed by atoms with Crippen LogP contribution in [0.5, 0.6) is 0 Å². The summed E-state index contributed by atoms with van der Waals surface area (Å²) in [6.45, 7) is 5.21. The number of hydrogen-bond donors (Lipinski definition) is 2. The minimum Gasteiger partial charge on any atom is -0.480 e. The number of aliphatic carboxylic acids is 1. The molecule has 0 heterocycles. The lowest BCUT2D eigenvalue weighted by molar-refractivity contribution is -0.137. The fraction of sp³-hybridized carbons (Fsp3) is 0.179. The van der Waals surface area contributed by atoms with Gasteiger partial charge in [-0.25, -0.2) is 4.79 Å². The number of ether oxygens (including phenoxy) is 1. The first-order valence-electron chi connectivity index (χ1n) is 11.2. The van der Waals surface area contributed by atoms with Crippen LogP contribution in [0.2, 0.25) is 0 Å². The Kier molecular flexibility index (Phi) is 6.96. The Hall–Kier alpha value is -4.39.